The third-order valence-corrected chi connectivity index (χ3v) is 4.99. The quantitative estimate of drug-likeness (QED) is 0.747. The molecule has 1 aliphatic rings. The summed E-state index contributed by atoms with van der Waals surface area (Å²) in [6.07, 6.45) is 3.26. The Hall–Kier alpha value is -2.92. The maximum absolute atomic E-state index is 12.0. The van der Waals surface area contributed by atoms with E-state index in [0.29, 0.717) is 12.5 Å². The molecule has 3 rings (SSSR count). The zero-order valence-electron chi connectivity index (χ0n) is 16.0. The van der Waals surface area contributed by atoms with Crippen LogP contribution in [0.25, 0.3) is 0 Å². The molecule has 146 valence electrons. The molecule has 0 aliphatic carbocycles. The Morgan fingerprint density at radius 2 is 1.75 bits per heavy atom. The highest BCUT2D eigenvalue weighted by Gasteiger charge is 2.22. The smallest absolute Gasteiger partial charge is 0.250 e. The van der Waals surface area contributed by atoms with Gasteiger partial charge in [0.15, 0.2) is 0 Å². The first kappa shape index (κ1) is 19.8. The lowest BCUT2D eigenvalue weighted by Gasteiger charge is -2.31. The fourth-order valence-electron chi connectivity index (χ4n) is 3.43. The molecule has 0 aromatic heterocycles. The summed E-state index contributed by atoms with van der Waals surface area (Å²) in [7, 11) is 0. The minimum atomic E-state index is -0.167. The van der Waals surface area contributed by atoms with Gasteiger partial charge in [0.1, 0.15) is 6.61 Å². The number of ether oxygens (including phenoxy) is 1. The second-order valence-corrected chi connectivity index (χ2v) is 6.95. The van der Waals surface area contributed by atoms with Crippen LogP contribution >= 0.6 is 0 Å². The van der Waals surface area contributed by atoms with Crippen molar-refractivity contribution in [2.24, 2.45) is 0 Å². The van der Waals surface area contributed by atoms with Crippen molar-refractivity contribution in [2.75, 3.05) is 25.0 Å². The number of carbonyl (C=O) groups is 2. The van der Waals surface area contributed by atoms with Crippen LogP contribution < -0.4 is 5.32 Å². The lowest BCUT2D eigenvalue weighted by molar-refractivity contribution is -0.127. The van der Waals surface area contributed by atoms with E-state index in [0.717, 1.165) is 37.2 Å². The summed E-state index contributed by atoms with van der Waals surface area (Å²) >= 11 is 0. The number of benzene rings is 2. The lowest BCUT2D eigenvalue weighted by Crippen LogP contribution is -2.36. The predicted octanol–water partition coefficient (Wildman–Crippen LogP) is 3.73. The zero-order valence-corrected chi connectivity index (χ0v) is 16.0. The van der Waals surface area contributed by atoms with Crippen LogP contribution in [0.4, 0.5) is 5.69 Å². The maximum atomic E-state index is 12.0. The van der Waals surface area contributed by atoms with E-state index in [1.165, 1.54) is 11.6 Å². The van der Waals surface area contributed by atoms with Crippen molar-refractivity contribution in [3.63, 3.8) is 0 Å². The molecule has 0 spiro atoms. The average molecular weight is 378 g/mol. The van der Waals surface area contributed by atoms with Crippen LogP contribution in [0.15, 0.2) is 67.3 Å². The van der Waals surface area contributed by atoms with E-state index < -0.39 is 0 Å². The standard InChI is InChI=1S/C23H26N2O3/c1-2-23(27)25-14-12-20(13-15-25)19-8-10-21(11-9-19)24-22(26)17-28-16-18-6-4-3-5-7-18/h2-11,20H,1,12-17H2,(H,24,26). The highest BCUT2D eigenvalue weighted by Crippen LogP contribution is 2.28. The van der Waals surface area contributed by atoms with Gasteiger partial charge < -0.3 is 15.0 Å². The van der Waals surface area contributed by atoms with E-state index in [4.69, 9.17) is 4.74 Å². The van der Waals surface area contributed by atoms with Gasteiger partial charge in [-0.2, -0.15) is 0 Å². The first-order chi connectivity index (χ1) is 13.7. The third kappa shape index (κ3) is 5.54. The number of hydrogen-bond acceptors (Lipinski definition) is 3. The van der Waals surface area contributed by atoms with Crippen molar-refractivity contribution in [2.45, 2.75) is 25.4 Å². The van der Waals surface area contributed by atoms with Gasteiger partial charge in [0.25, 0.3) is 0 Å². The molecule has 5 heteroatoms. The molecule has 1 aliphatic heterocycles. The molecular formula is C23H26N2O3. The molecule has 5 nitrogen and oxygen atoms in total. The van der Waals surface area contributed by atoms with Crippen LogP contribution in [0.3, 0.4) is 0 Å². The summed E-state index contributed by atoms with van der Waals surface area (Å²) in [6, 6.07) is 17.7. The maximum Gasteiger partial charge on any atom is 0.250 e. The molecule has 28 heavy (non-hydrogen) atoms. The van der Waals surface area contributed by atoms with Gasteiger partial charge in [-0.3, -0.25) is 9.59 Å². The predicted molar refractivity (Wildman–Crippen MR) is 110 cm³/mol. The Labute approximate surface area is 166 Å². The van der Waals surface area contributed by atoms with Gasteiger partial charge in [-0.15, -0.1) is 0 Å². The molecule has 0 unspecified atom stereocenters. The highest BCUT2D eigenvalue weighted by atomic mass is 16.5. The van der Waals surface area contributed by atoms with Crippen LogP contribution in [-0.2, 0) is 20.9 Å². The topological polar surface area (TPSA) is 58.6 Å². The number of likely N-dealkylation sites (tertiary alicyclic amines) is 1. The number of piperidine rings is 1. The summed E-state index contributed by atoms with van der Waals surface area (Å²) in [5.41, 5.74) is 3.04. The molecule has 0 saturated carbocycles. The largest absolute Gasteiger partial charge is 0.367 e. The van der Waals surface area contributed by atoms with Crippen molar-refractivity contribution in [1.29, 1.82) is 0 Å². The third-order valence-electron chi connectivity index (χ3n) is 4.99. The molecule has 1 N–H and O–H groups in total. The molecule has 0 bridgehead atoms. The van der Waals surface area contributed by atoms with Crippen molar-refractivity contribution in [1.82, 2.24) is 4.90 Å². The molecule has 0 atom stereocenters. The van der Waals surface area contributed by atoms with E-state index in [2.05, 4.69) is 24.0 Å². The van der Waals surface area contributed by atoms with Crippen LogP contribution in [0.2, 0.25) is 0 Å². The Kier molecular flexibility index (Phi) is 6.98. The van der Waals surface area contributed by atoms with E-state index in [9.17, 15) is 9.59 Å². The molecule has 0 radical (unpaired) electrons. The van der Waals surface area contributed by atoms with Gasteiger partial charge in [0, 0.05) is 18.8 Å². The first-order valence-corrected chi connectivity index (χ1v) is 9.58. The molecule has 2 amide bonds. The van der Waals surface area contributed by atoms with Gasteiger partial charge >= 0.3 is 0 Å². The number of amides is 2. The van der Waals surface area contributed by atoms with E-state index >= 15 is 0 Å². The summed E-state index contributed by atoms with van der Waals surface area (Å²) in [5, 5.41) is 2.86. The van der Waals surface area contributed by atoms with Crippen LogP contribution in [0.5, 0.6) is 0 Å². The van der Waals surface area contributed by atoms with E-state index in [1.54, 1.807) is 0 Å². The highest BCUT2D eigenvalue weighted by molar-refractivity contribution is 5.91. The van der Waals surface area contributed by atoms with Crippen LogP contribution in [-0.4, -0.2) is 36.4 Å². The molecule has 2 aromatic rings. The van der Waals surface area contributed by atoms with Gasteiger partial charge in [0.05, 0.1) is 6.61 Å². The SMILES string of the molecule is C=CC(=O)N1CCC(c2ccc(NC(=O)COCc3ccccc3)cc2)CC1. The number of carbonyl (C=O) groups excluding carboxylic acids is 2. The average Bonchev–Trinajstić information content (AvgIpc) is 2.74. The monoisotopic (exact) mass is 378 g/mol. The molecule has 1 heterocycles. The fraction of sp³-hybridized carbons (Fsp3) is 0.304. The minimum Gasteiger partial charge on any atom is -0.367 e. The Morgan fingerprint density at radius 1 is 1.07 bits per heavy atom. The number of nitrogens with zero attached hydrogens (tertiary/aromatic N) is 1. The molecule has 2 aromatic carbocycles. The molecular weight excluding hydrogens is 352 g/mol. The Balaban J connectivity index is 1.43. The zero-order chi connectivity index (χ0) is 19.8. The van der Waals surface area contributed by atoms with E-state index in [-0.39, 0.29) is 18.4 Å². The summed E-state index contributed by atoms with van der Waals surface area (Å²) in [5.74, 6) is 0.277. The summed E-state index contributed by atoms with van der Waals surface area (Å²) in [6.45, 7) is 5.50. The van der Waals surface area contributed by atoms with E-state index in [1.807, 2.05) is 47.4 Å². The second kappa shape index (κ2) is 9.85. The number of anilines is 1. The summed E-state index contributed by atoms with van der Waals surface area (Å²) in [4.78, 5) is 25.5. The van der Waals surface area contributed by atoms with Crippen molar-refractivity contribution >= 4 is 17.5 Å². The summed E-state index contributed by atoms with van der Waals surface area (Å²) < 4.78 is 5.46. The van der Waals surface area contributed by atoms with Crippen molar-refractivity contribution in [3.8, 4) is 0 Å². The first-order valence-electron chi connectivity index (χ1n) is 9.58. The normalized spacial score (nSPS) is 14.5. The lowest BCUT2D eigenvalue weighted by atomic mass is 9.89. The Bertz CT molecular complexity index is 794. The van der Waals surface area contributed by atoms with Gasteiger partial charge in [-0.25, -0.2) is 0 Å². The van der Waals surface area contributed by atoms with Gasteiger partial charge in [0.2, 0.25) is 11.8 Å². The Morgan fingerprint density at radius 3 is 2.39 bits per heavy atom. The number of hydrogen-bond donors (Lipinski definition) is 1. The minimum absolute atomic E-state index is 0.00555. The molecule has 1 fully saturated rings. The van der Waals surface area contributed by atoms with Crippen molar-refractivity contribution < 1.29 is 14.3 Å². The van der Waals surface area contributed by atoms with Crippen LogP contribution in [0, 0.1) is 0 Å². The number of nitrogens with one attached hydrogen (secondary N) is 1. The van der Waals surface area contributed by atoms with Crippen molar-refractivity contribution in [3.05, 3.63) is 78.4 Å². The molecule has 1 saturated heterocycles. The number of rotatable bonds is 7. The second-order valence-electron chi connectivity index (χ2n) is 6.95. The van der Waals surface area contributed by atoms with Gasteiger partial charge in [-0.05, 0) is 48.1 Å². The van der Waals surface area contributed by atoms with Gasteiger partial charge in [-0.1, -0.05) is 49.0 Å². The fourth-order valence-corrected chi connectivity index (χ4v) is 3.43. The van der Waals surface area contributed by atoms with Crippen LogP contribution in [0.1, 0.15) is 29.9 Å².